The van der Waals surface area contributed by atoms with Crippen LogP contribution >= 0.6 is 0 Å². The van der Waals surface area contributed by atoms with E-state index in [-0.39, 0.29) is 17.6 Å². The number of pyridine rings is 1. The zero-order valence-electron chi connectivity index (χ0n) is 16.7. The van der Waals surface area contributed by atoms with Crippen LogP contribution in [0, 0.1) is 17.7 Å². The lowest BCUT2D eigenvalue weighted by atomic mass is 10.0. The van der Waals surface area contributed by atoms with Crippen molar-refractivity contribution < 1.29 is 9.18 Å². The topological polar surface area (TPSA) is 71.0 Å². The highest BCUT2D eigenvalue weighted by atomic mass is 19.1. The van der Waals surface area contributed by atoms with E-state index in [4.69, 9.17) is 9.97 Å². The van der Waals surface area contributed by atoms with Gasteiger partial charge in [-0.15, -0.1) is 0 Å². The molecular formula is C23H22FN5O. The van der Waals surface area contributed by atoms with Gasteiger partial charge in [0.05, 0.1) is 12.2 Å². The van der Waals surface area contributed by atoms with Crippen LogP contribution in [0.15, 0.2) is 48.8 Å². The molecule has 2 aromatic heterocycles. The monoisotopic (exact) mass is 403 g/mol. The predicted molar refractivity (Wildman–Crippen MR) is 111 cm³/mol. The Hall–Kier alpha value is -3.35. The predicted octanol–water partition coefficient (Wildman–Crippen LogP) is 3.96. The van der Waals surface area contributed by atoms with Gasteiger partial charge in [0.25, 0.3) is 0 Å². The van der Waals surface area contributed by atoms with Gasteiger partial charge in [0.1, 0.15) is 11.6 Å². The summed E-state index contributed by atoms with van der Waals surface area (Å²) in [5.74, 6) is 1.70. The molecule has 2 aliphatic rings. The summed E-state index contributed by atoms with van der Waals surface area (Å²) in [5, 5.41) is 3.25. The number of hydrogen-bond acceptors (Lipinski definition) is 5. The van der Waals surface area contributed by atoms with Crippen LogP contribution in [0.25, 0.3) is 11.4 Å². The molecule has 3 heterocycles. The van der Waals surface area contributed by atoms with Crippen molar-refractivity contribution in [3.8, 4) is 11.4 Å². The number of nitrogens with zero attached hydrogens (tertiary/aromatic N) is 4. The standard InChI is InChI=1S/C23H22FN5O/c1-14-11-18(14)23(30)29-10-7-20-19(13-29)22(26-17-4-2-3-16(24)12-17)28-21(27-20)15-5-8-25-9-6-15/h2-6,8-9,12,14,18H,7,10-11,13H2,1H3,(H,26,27,28)/t14-,18-/m0/s1. The Balaban J connectivity index is 1.53. The van der Waals surface area contributed by atoms with Crippen molar-refractivity contribution in [2.24, 2.45) is 11.8 Å². The first-order chi connectivity index (χ1) is 14.6. The van der Waals surface area contributed by atoms with Crippen LogP contribution < -0.4 is 5.32 Å². The molecule has 3 aromatic rings. The van der Waals surface area contributed by atoms with E-state index in [2.05, 4.69) is 17.2 Å². The molecule has 0 unspecified atom stereocenters. The van der Waals surface area contributed by atoms with E-state index < -0.39 is 0 Å². The number of nitrogens with one attached hydrogen (secondary N) is 1. The molecule has 0 spiro atoms. The summed E-state index contributed by atoms with van der Waals surface area (Å²) in [6.07, 6.45) is 5.04. The lowest BCUT2D eigenvalue weighted by Crippen LogP contribution is -2.38. The van der Waals surface area contributed by atoms with Crippen LogP contribution in [0.3, 0.4) is 0 Å². The van der Waals surface area contributed by atoms with Gasteiger partial charge >= 0.3 is 0 Å². The van der Waals surface area contributed by atoms with Crippen LogP contribution in [0.4, 0.5) is 15.9 Å². The first-order valence-corrected chi connectivity index (χ1v) is 10.2. The molecule has 0 radical (unpaired) electrons. The van der Waals surface area contributed by atoms with Gasteiger partial charge in [-0.1, -0.05) is 13.0 Å². The highest BCUT2D eigenvalue weighted by Crippen LogP contribution is 2.40. The quantitative estimate of drug-likeness (QED) is 0.714. The first kappa shape index (κ1) is 18.7. The number of halogens is 1. The fraction of sp³-hybridized carbons (Fsp3) is 0.304. The van der Waals surface area contributed by atoms with Crippen molar-refractivity contribution >= 4 is 17.4 Å². The molecule has 0 bridgehead atoms. The van der Waals surface area contributed by atoms with Crippen LogP contribution in [-0.4, -0.2) is 32.3 Å². The third kappa shape index (κ3) is 3.63. The maximum atomic E-state index is 13.7. The summed E-state index contributed by atoms with van der Waals surface area (Å²) in [6, 6.07) is 10.0. The molecule has 5 rings (SSSR count). The molecular weight excluding hydrogens is 381 g/mol. The molecule has 0 saturated heterocycles. The SMILES string of the molecule is C[C@H]1C[C@@H]1C(=O)N1CCc2nc(-c3ccncc3)nc(Nc3cccc(F)c3)c2C1. The van der Waals surface area contributed by atoms with E-state index in [0.29, 0.717) is 42.8 Å². The van der Waals surface area contributed by atoms with Crippen molar-refractivity contribution in [2.75, 3.05) is 11.9 Å². The lowest BCUT2D eigenvalue weighted by Gasteiger charge is -2.30. The summed E-state index contributed by atoms with van der Waals surface area (Å²) >= 11 is 0. The van der Waals surface area contributed by atoms with Gasteiger partial charge in [-0.05, 0) is 42.7 Å². The molecule has 2 atom stereocenters. The van der Waals surface area contributed by atoms with Crippen molar-refractivity contribution in [1.29, 1.82) is 0 Å². The van der Waals surface area contributed by atoms with Crippen molar-refractivity contribution in [3.63, 3.8) is 0 Å². The van der Waals surface area contributed by atoms with Crippen LogP contribution in [0.2, 0.25) is 0 Å². The number of aromatic nitrogens is 3. The molecule has 7 heteroatoms. The second-order valence-corrected chi connectivity index (χ2v) is 8.02. The molecule has 30 heavy (non-hydrogen) atoms. The number of rotatable bonds is 4. The summed E-state index contributed by atoms with van der Waals surface area (Å²) in [4.78, 5) is 28.3. The number of anilines is 2. The number of benzene rings is 1. The van der Waals surface area contributed by atoms with E-state index in [1.54, 1.807) is 24.5 Å². The smallest absolute Gasteiger partial charge is 0.226 e. The van der Waals surface area contributed by atoms with E-state index in [1.165, 1.54) is 12.1 Å². The minimum Gasteiger partial charge on any atom is -0.340 e. The van der Waals surface area contributed by atoms with Gasteiger partial charge < -0.3 is 10.2 Å². The summed E-state index contributed by atoms with van der Waals surface area (Å²) < 4.78 is 13.7. The van der Waals surface area contributed by atoms with Crippen molar-refractivity contribution in [1.82, 2.24) is 19.9 Å². The number of fused-ring (bicyclic) bond motifs is 1. The van der Waals surface area contributed by atoms with Crippen molar-refractivity contribution in [2.45, 2.75) is 26.3 Å². The summed E-state index contributed by atoms with van der Waals surface area (Å²) in [5.41, 5.74) is 3.28. The van der Waals surface area contributed by atoms with Gasteiger partial charge in [0.2, 0.25) is 5.91 Å². The molecule has 6 nitrogen and oxygen atoms in total. The van der Waals surface area contributed by atoms with Crippen molar-refractivity contribution in [3.05, 3.63) is 65.9 Å². The Morgan fingerprint density at radius 1 is 1.20 bits per heavy atom. The highest BCUT2D eigenvalue weighted by Gasteiger charge is 2.42. The number of carbonyl (C=O) groups excluding carboxylic acids is 1. The summed E-state index contributed by atoms with van der Waals surface area (Å²) in [7, 11) is 0. The Morgan fingerprint density at radius 2 is 2.00 bits per heavy atom. The first-order valence-electron chi connectivity index (χ1n) is 10.2. The third-order valence-electron chi connectivity index (χ3n) is 5.82. The fourth-order valence-corrected chi connectivity index (χ4v) is 3.94. The van der Waals surface area contributed by atoms with E-state index >= 15 is 0 Å². The molecule has 1 aliphatic carbocycles. The van der Waals surface area contributed by atoms with E-state index in [9.17, 15) is 9.18 Å². The van der Waals surface area contributed by atoms with Gasteiger partial charge in [0, 0.05) is 48.1 Å². The van der Waals surface area contributed by atoms with Crippen LogP contribution in [0.1, 0.15) is 24.6 Å². The maximum absolute atomic E-state index is 13.7. The van der Waals surface area contributed by atoms with E-state index in [1.807, 2.05) is 17.0 Å². The molecule has 152 valence electrons. The largest absolute Gasteiger partial charge is 0.340 e. The summed E-state index contributed by atoms with van der Waals surface area (Å²) in [6.45, 7) is 3.23. The number of hydrogen-bond donors (Lipinski definition) is 1. The zero-order valence-corrected chi connectivity index (χ0v) is 16.7. The van der Waals surface area contributed by atoms with Gasteiger partial charge in [-0.3, -0.25) is 9.78 Å². The van der Waals surface area contributed by atoms with Crippen LogP contribution in [-0.2, 0) is 17.8 Å². The Kier molecular flexibility index (Phi) is 4.65. The minimum atomic E-state index is -0.322. The number of amides is 1. The zero-order chi connectivity index (χ0) is 20.7. The highest BCUT2D eigenvalue weighted by molar-refractivity contribution is 5.82. The Labute approximate surface area is 174 Å². The fourth-order valence-electron chi connectivity index (χ4n) is 3.94. The number of carbonyl (C=O) groups is 1. The molecule has 1 aliphatic heterocycles. The Morgan fingerprint density at radius 3 is 2.73 bits per heavy atom. The second-order valence-electron chi connectivity index (χ2n) is 8.02. The molecule has 1 fully saturated rings. The molecule has 1 saturated carbocycles. The normalized spacial score (nSPS) is 19.9. The third-order valence-corrected chi connectivity index (χ3v) is 5.82. The maximum Gasteiger partial charge on any atom is 0.226 e. The van der Waals surface area contributed by atoms with Gasteiger partial charge in [-0.2, -0.15) is 0 Å². The molecule has 1 N–H and O–H groups in total. The minimum absolute atomic E-state index is 0.142. The van der Waals surface area contributed by atoms with Crippen LogP contribution in [0.5, 0.6) is 0 Å². The Bertz CT molecular complexity index is 1100. The molecule has 1 aromatic carbocycles. The second kappa shape index (κ2) is 7.48. The lowest BCUT2D eigenvalue weighted by molar-refractivity contribution is -0.133. The molecule has 1 amide bonds. The van der Waals surface area contributed by atoms with Gasteiger partial charge in [-0.25, -0.2) is 14.4 Å². The average Bonchev–Trinajstić information content (AvgIpc) is 3.50. The average molecular weight is 403 g/mol. The van der Waals surface area contributed by atoms with Gasteiger partial charge in [0.15, 0.2) is 5.82 Å². The van der Waals surface area contributed by atoms with E-state index in [0.717, 1.165) is 23.2 Å².